The van der Waals surface area contributed by atoms with E-state index in [1.54, 1.807) is 36.4 Å². The van der Waals surface area contributed by atoms with Gasteiger partial charge in [0.25, 0.3) is 0 Å². The SMILES string of the molecule is C=C1CC(S(=O)(=O)c2ccccc2)(S(=O)(=O)c2ccccc2)C[C@@H]1C(C)(C)OC. The first-order valence-electron chi connectivity index (χ1n) is 9.32. The molecule has 1 aliphatic carbocycles. The van der Waals surface area contributed by atoms with Crippen LogP contribution < -0.4 is 0 Å². The molecule has 5 nitrogen and oxygen atoms in total. The summed E-state index contributed by atoms with van der Waals surface area (Å²) in [4.78, 5) is -0.0219. The van der Waals surface area contributed by atoms with Gasteiger partial charge in [-0.15, -0.1) is 0 Å². The van der Waals surface area contributed by atoms with Gasteiger partial charge >= 0.3 is 0 Å². The van der Waals surface area contributed by atoms with Crippen LogP contribution in [0.4, 0.5) is 0 Å². The second kappa shape index (κ2) is 7.38. The largest absolute Gasteiger partial charge is 0.378 e. The summed E-state index contributed by atoms with van der Waals surface area (Å²) >= 11 is 0. The predicted octanol–water partition coefficient (Wildman–Crippen LogP) is 4.02. The van der Waals surface area contributed by atoms with Crippen molar-refractivity contribution in [3.63, 3.8) is 0 Å². The van der Waals surface area contributed by atoms with Crippen LogP contribution in [-0.2, 0) is 24.4 Å². The highest BCUT2D eigenvalue weighted by Gasteiger charge is 2.62. The summed E-state index contributed by atoms with van der Waals surface area (Å²) in [7, 11) is -6.96. The molecule has 0 amide bonds. The summed E-state index contributed by atoms with van der Waals surface area (Å²) in [5, 5.41) is 0. The summed E-state index contributed by atoms with van der Waals surface area (Å²) in [5.41, 5.74) is -0.187. The van der Waals surface area contributed by atoms with Crippen LogP contribution in [-0.4, -0.2) is 33.6 Å². The average molecular weight is 435 g/mol. The number of sulfone groups is 2. The van der Waals surface area contributed by atoms with Crippen molar-refractivity contribution in [2.24, 2.45) is 5.92 Å². The maximum absolute atomic E-state index is 13.8. The molecule has 1 fully saturated rings. The third-order valence-corrected chi connectivity index (χ3v) is 11.6. The van der Waals surface area contributed by atoms with Crippen LogP contribution in [0, 0.1) is 5.92 Å². The molecular weight excluding hydrogens is 408 g/mol. The van der Waals surface area contributed by atoms with Crippen LogP contribution in [0.1, 0.15) is 26.7 Å². The lowest BCUT2D eigenvalue weighted by Crippen LogP contribution is -2.45. The molecular formula is C22H26O5S2. The minimum absolute atomic E-state index is 0.0109. The Hall–Kier alpha value is -1.96. The molecule has 0 N–H and O–H groups in total. The van der Waals surface area contributed by atoms with Crippen LogP contribution in [0.2, 0.25) is 0 Å². The van der Waals surface area contributed by atoms with Crippen molar-refractivity contribution in [2.45, 2.75) is 46.2 Å². The predicted molar refractivity (Wildman–Crippen MR) is 113 cm³/mol. The Bertz CT molecular complexity index is 1030. The zero-order valence-corrected chi connectivity index (χ0v) is 18.5. The summed E-state index contributed by atoms with van der Waals surface area (Å²) in [6.45, 7) is 7.70. The van der Waals surface area contributed by atoms with Gasteiger partial charge in [-0.05, 0) is 44.5 Å². The van der Waals surface area contributed by atoms with Gasteiger partial charge in [0.1, 0.15) is 0 Å². The molecule has 0 radical (unpaired) electrons. The standard InChI is InChI=1S/C22H26O5S2/c1-17-15-22(16-20(17)21(2,3)27-4,28(23,24)18-11-7-5-8-12-18)29(25,26)19-13-9-6-10-14-19/h5-14,20H,1,15-16H2,2-4H3/t20-/m0/s1. The number of hydrogen-bond donors (Lipinski definition) is 0. The summed E-state index contributed by atoms with van der Waals surface area (Å²) in [6, 6.07) is 15.5. The smallest absolute Gasteiger partial charge is 0.199 e. The number of rotatable bonds is 6. The van der Waals surface area contributed by atoms with Gasteiger partial charge in [-0.3, -0.25) is 0 Å². The van der Waals surface area contributed by atoms with E-state index in [-0.39, 0.29) is 22.6 Å². The van der Waals surface area contributed by atoms with Gasteiger partial charge in [0.05, 0.1) is 15.4 Å². The van der Waals surface area contributed by atoms with Crippen molar-refractivity contribution in [1.29, 1.82) is 0 Å². The first kappa shape index (κ1) is 21.7. The summed E-state index contributed by atoms with van der Waals surface area (Å²) in [5.74, 6) is -0.426. The third-order valence-electron chi connectivity index (χ3n) is 5.96. The van der Waals surface area contributed by atoms with Crippen LogP contribution in [0.25, 0.3) is 0 Å². The van der Waals surface area contributed by atoms with E-state index in [0.717, 1.165) is 0 Å². The highest BCUT2D eigenvalue weighted by molar-refractivity contribution is 8.10. The zero-order valence-electron chi connectivity index (χ0n) is 16.8. The summed E-state index contributed by atoms with van der Waals surface area (Å²) in [6.07, 6.45) is -0.278. The topological polar surface area (TPSA) is 77.5 Å². The van der Waals surface area contributed by atoms with Gasteiger partial charge < -0.3 is 4.74 Å². The zero-order chi connectivity index (χ0) is 21.5. The quantitative estimate of drug-likeness (QED) is 0.642. The molecule has 1 atom stereocenters. The molecule has 1 aliphatic rings. The van der Waals surface area contributed by atoms with E-state index in [0.29, 0.717) is 5.57 Å². The third kappa shape index (κ3) is 3.35. The molecule has 0 aromatic heterocycles. The Labute approximate surface area is 173 Å². The lowest BCUT2D eigenvalue weighted by Gasteiger charge is -2.33. The molecule has 7 heteroatoms. The van der Waals surface area contributed by atoms with E-state index < -0.39 is 35.3 Å². The normalized spacial score (nSPS) is 20.0. The molecule has 29 heavy (non-hydrogen) atoms. The van der Waals surface area contributed by atoms with Gasteiger partial charge in [0.2, 0.25) is 0 Å². The highest BCUT2D eigenvalue weighted by Crippen LogP contribution is 2.54. The first-order valence-corrected chi connectivity index (χ1v) is 12.3. The van der Waals surface area contributed by atoms with Crippen molar-refractivity contribution >= 4 is 19.7 Å². The maximum atomic E-state index is 13.8. The molecule has 2 aromatic rings. The van der Waals surface area contributed by atoms with E-state index in [9.17, 15) is 16.8 Å². The molecule has 156 valence electrons. The van der Waals surface area contributed by atoms with E-state index in [4.69, 9.17) is 4.74 Å². The van der Waals surface area contributed by atoms with Crippen molar-refractivity contribution in [3.8, 4) is 0 Å². The molecule has 1 saturated carbocycles. The number of hydrogen-bond acceptors (Lipinski definition) is 5. The van der Waals surface area contributed by atoms with Gasteiger partial charge in [-0.1, -0.05) is 48.6 Å². The monoisotopic (exact) mass is 434 g/mol. The van der Waals surface area contributed by atoms with Gasteiger partial charge in [-0.25, -0.2) is 16.8 Å². The molecule has 0 saturated heterocycles. The Morgan fingerprint density at radius 2 is 1.31 bits per heavy atom. The molecule has 0 bridgehead atoms. The molecule has 0 aliphatic heterocycles. The minimum atomic E-state index is -4.24. The molecule has 2 aromatic carbocycles. The van der Waals surface area contributed by atoms with Crippen molar-refractivity contribution in [1.82, 2.24) is 0 Å². The van der Waals surface area contributed by atoms with Crippen LogP contribution in [0.5, 0.6) is 0 Å². The van der Waals surface area contributed by atoms with Gasteiger partial charge in [0, 0.05) is 19.4 Å². The molecule has 0 unspecified atom stereocenters. The molecule has 0 heterocycles. The highest BCUT2D eigenvalue weighted by atomic mass is 32.3. The Morgan fingerprint density at radius 3 is 1.69 bits per heavy atom. The van der Waals surface area contributed by atoms with Gasteiger partial charge in [-0.2, -0.15) is 0 Å². The van der Waals surface area contributed by atoms with E-state index in [2.05, 4.69) is 6.58 Å². The van der Waals surface area contributed by atoms with Crippen LogP contribution in [0.15, 0.2) is 82.6 Å². The van der Waals surface area contributed by atoms with E-state index >= 15 is 0 Å². The van der Waals surface area contributed by atoms with Gasteiger partial charge in [0.15, 0.2) is 23.8 Å². The van der Waals surface area contributed by atoms with Crippen LogP contribution in [0.3, 0.4) is 0 Å². The Balaban J connectivity index is 2.29. The summed E-state index contributed by atoms with van der Waals surface area (Å²) < 4.78 is 58.8. The van der Waals surface area contributed by atoms with Crippen LogP contribution >= 0.6 is 0 Å². The number of benzene rings is 2. The van der Waals surface area contributed by atoms with Crippen molar-refractivity contribution in [3.05, 3.63) is 72.8 Å². The Kier molecular flexibility index (Phi) is 5.53. The second-order valence-electron chi connectivity index (χ2n) is 7.94. The first-order chi connectivity index (χ1) is 13.5. The number of ether oxygens (including phenoxy) is 1. The molecule has 3 rings (SSSR count). The van der Waals surface area contributed by atoms with E-state index in [1.807, 2.05) is 13.8 Å². The van der Waals surface area contributed by atoms with Crippen molar-refractivity contribution < 1.29 is 21.6 Å². The van der Waals surface area contributed by atoms with E-state index in [1.165, 1.54) is 31.4 Å². The maximum Gasteiger partial charge on any atom is 0.199 e. The average Bonchev–Trinajstić information content (AvgIpc) is 3.10. The Morgan fingerprint density at radius 1 is 0.897 bits per heavy atom. The minimum Gasteiger partial charge on any atom is -0.378 e. The fraction of sp³-hybridized carbons (Fsp3) is 0.364. The fourth-order valence-corrected chi connectivity index (χ4v) is 9.20. The fourth-order valence-electron chi connectivity index (χ4n) is 4.06. The second-order valence-corrected chi connectivity index (χ2v) is 12.7. The van der Waals surface area contributed by atoms with Crippen molar-refractivity contribution in [2.75, 3.05) is 7.11 Å². The lowest BCUT2D eigenvalue weighted by atomic mass is 9.87. The lowest BCUT2D eigenvalue weighted by molar-refractivity contribution is -0.0139. The number of methoxy groups -OCH3 is 1. The molecule has 0 spiro atoms.